The Labute approximate surface area is 132 Å². The Morgan fingerprint density at radius 1 is 1.23 bits per heavy atom. The van der Waals surface area contributed by atoms with Crippen LogP contribution in [0.25, 0.3) is 0 Å². The lowest BCUT2D eigenvalue weighted by molar-refractivity contribution is -0.135. The summed E-state index contributed by atoms with van der Waals surface area (Å²) in [6.07, 6.45) is 1.71. The van der Waals surface area contributed by atoms with Gasteiger partial charge in [0, 0.05) is 32.1 Å². The molecule has 0 radical (unpaired) electrons. The van der Waals surface area contributed by atoms with E-state index in [0.717, 1.165) is 56.1 Å². The van der Waals surface area contributed by atoms with Crippen LogP contribution >= 0.6 is 0 Å². The molecule has 1 aromatic rings. The molecule has 1 saturated heterocycles. The topological polar surface area (TPSA) is 50.8 Å². The normalized spacial score (nSPS) is 16.2. The molecule has 0 spiro atoms. The molecule has 0 aromatic heterocycles. The summed E-state index contributed by atoms with van der Waals surface area (Å²) in [5, 5.41) is 3.27. The van der Waals surface area contributed by atoms with Crippen molar-refractivity contribution in [2.75, 3.05) is 40.4 Å². The predicted octanol–water partition coefficient (Wildman–Crippen LogP) is 1.70. The Hall–Kier alpha value is -1.75. The van der Waals surface area contributed by atoms with E-state index in [9.17, 15) is 4.79 Å². The Morgan fingerprint density at radius 2 is 1.91 bits per heavy atom. The standard InChI is InChI=1S/C17H26N2O3/c1-13(17(20)19-10-8-18-9-11-19)4-5-14-6-7-15(21-2)16(12-14)22-3/h6-7,12-13,18H,4-5,8-11H2,1-3H3. The van der Waals surface area contributed by atoms with Crippen LogP contribution in [-0.4, -0.2) is 51.2 Å². The number of piperazine rings is 1. The minimum absolute atomic E-state index is 0.0474. The molecular weight excluding hydrogens is 280 g/mol. The van der Waals surface area contributed by atoms with E-state index in [0.29, 0.717) is 0 Å². The van der Waals surface area contributed by atoms with Gasteiger partial charge in [-0.25, -0.2) is 0 Å². The van der Waals surface area contributed by atoms with Gasteiger partial charge in [0.1, 0.15) is 0 Å². The van der Waals surface area contributed by atoms with Crippen LogP contribution in [0.4, 0.5) is 0 Å². The summed E-state index contributed by atoms with van der Waals surface area (Å²) in [7, 11) is 3.27. The summed E-state index contributed by atoms with van der Waals surface area (Å²) in [6, 6.07) is 5.93. The number of rotatable bonds is 6. The summed E-state index contributed by atoms with van der Waals surface area (Å²) in [6.45, 7) is 5.45. The molecule has 22 heavy (non-hydrogen) atoms. The van der Waals surface area contributed by atoms with E-state index in [1.54, 1.807) is 14.2 Å². The van der Waals surface area contributed by atoms with Crippen molar-refractivity contribution in [3.05, 3.63) is 23.8 Å². The molecule has 1 fully saturated rings. The first kappa shape index (κ1) is 16.6. The van der Waals surface area contributed by atoms with Crippen LogP contribution in [0.2, 0.25) is 0 Å². The largest absolute Gasteiger partial charge is 0.493 e. The Bertz CT molecular complexity index is 499. The number of hydrogen-bond acceptors (Lipinski definition) is 4. The van der Waals surface area contributed by atoms with E-state index in [1.807, 2.05) is 30.0 Å². The van der Waals surface area contributed by atoms with Gasteiger partial charge in [-0.05, 0) is 30.5 Å². The van der Waals surface area contributed by atoms with E-state index >= 15 is 0 Å². The number of carbonyl (C=O) groups excluding carboxylic acids is 1. The average molecular weight is 306 g/mol. The first-order chi connectivity index (χ1) is 10.7. The third kappa shape index (κ3) is 4.13. The van der Waals surface area contributed by atoms with Gasteiger partial charge in [0.15, 0.2) is 11.5 Å². The molecule has 1 heterocycles. The number of hydrogen-bond donors (Lipinski definition) is 1. The molecule has 5 nitrogen and oxygen atoms in total. The smallest absolute Gasteiger partial charge is 0.225 e. The highest BCUT2D eigenvalue weighted by atomic mass is 16.5. The highest BCUT2D eigenvalue weighted by Crippen LogP contribution is 2.28. The second kappa shape index (κ2) is 8.03. The summed E-state index contributed by atoms with van der Waals surface area (Å²) in [4.78, 5) is 14.4. The third-order valence-electron chi connectivity index (χ3n) is 4.16. The van der Waals surface area contributed by atoms with Crippen molar-refractivity contribution in [2.45, 2.75) is 19.8 Å². The lowest BCUT2D eigenvalue weighted by atomic mass is 9.99. The van der Waals surface area contributed by atoms with Crippen LogP contribution in [-0.2, 0) is 11.2 Å². The molecule has 1 atom stereocenters. The van der Waals surface area contributed by atoms with Crippen molar-refractivity contribution >= 4 is 5.91 Å². The van der Waals surface area contributed by atoms with E-state index in [2.05, 4.69) is 5.32 Å². The Balaban J connectivity index is 1.90. The first-order valence-electron chi connectivity index (χ1n) is 7.86. The third-order valence-corrected chi connectivity index (χ3v) is 4.16. The maximum absolute atomic E-state index is 12.4. The van der Waals surface area contributed by atoms with Crippen molar-refractivity contribution in [3.63, 3.8) is 0 Å². The van der Waals surface area contributed by atoms with Crippen molar-refractivity contribution < 1.29 is 14.3 Å². The fourth-order valence-electron chi connectivity index (χ4n) is 2.74. The molecule has 1 N–H and O–H groups in total. The van der Waals surface area contributed by atoms with Gasteiger partial charge in [-0.3, -0.25) is 4.79 Å². The number of aryl methyl sites for hydroxylation is 1. The van der Waals surface area contributed by atoms with E-state index in [1.165, 1.54) is 0 Å². The number of amides is 1. The van der Waals surface area contributed by atoms with Gasteiger partial charge in [-0.1, -0.05) is 13.0 Å². The van der Waals surface area contributed by atoms with Crippen molar-refractivity contribution in [1.29, 1.82) is 0 Å². The van der Waals surface area contributed by atoms with Gasteiger partial charge < -0.3 is 19.7 Å². The molecule has 122 valence electrons. The lowest BCUT2D eigenvalue weighted by Gasteiger charge is -2.29. The lowest BCUT2D eigenvalue weighted by Crippen LogP contribution is -2.48. The fraction of sp³-hybridized carbons (Fsp3) is 0.588. The molecule has 5 heteroatoms. The number of nitrogens with one attached hydrogen (secondary N) is 1. The summed E-state index contributed by atoms with van der Waals surface area (Å²) < 4.78 is 10.6. The average Bonchev–Trinajstić information content (AvgIpc) is 2.59. The van der Waals surface area contributed by atoms with Crippen LogP contribution in [0, 0.1) is 5.92 Å². The molecule has 0 bridgehead atoms. The van der Waals surface area contributed by atoms with E-state index in [-0.39, 0.29) is 11.8 Å². The quantitative estimate of drug-likeness (QED) is 0.869. The van der Waals surface area contributed by atoms with Crippen LogP contribution in [0.5, 0.6) is 11.5 Å². The van der Waals surface area contributed by atoms with Crippen LogP contribution in [0.3, 0.4) is 0 Å². The number of carbonyl (C=O) groups is 1. The zero-order chi connectivity index (χ0) is 15.9. The van der Waals surface area contributed by atoms with Crippen LogP contribution < -0.4 is 14.8 Å². The van der Waals surface area contributed by atoms with Gasteiger partial charge in [0.25, 0.3) is 0 Å². The maximum Gasteiger partial charge on any atom is 0.225 e. The summed E-state index contributed by atoms with van der Waals surface area (Å²) in [5.74, 6) is 1.78. The number of benzene rings is 1. The molecule has 1 aliphatic heterocycles. The van der Waals surface area contributed by atoms with Crippen LogP contribution in [0.1, 0.15) is 18.9 Å². The van der Waals surface area contributed by atoms with E-state index < -0.39 is 0 Å². The van der Waals surface area contributed by atoms with Crippen molar-refractivity contribution in [2.24, 2.45) is 5.92 Å². The van der Waals surface area contributed by atoms with Gasteiger partial charge in [-0.15, -0.1) is 0 Å². The number of methoxy groups -OCH3 is 2. The monoisotopic (exact) mass is 306 g/mol. The van der Waals surface area contributed by atoms with Crippen LogP contribution in [0.15, 0.2) is 18.2 Å². The predicted molar refractivity (Wildman–Crippen MR) is 86.5 cm³/mol. The maximum atomic E-state index is 12.4. The Morgan fingerprint density at radius 3 is 2.55 bits per heavy atom. The molecule has 1 aliphatic rings. The second-order valence-corrected chi connectivity index (χ2v) is 5.70. The minimum Gasteiger partial charge on any atom is -0.493 e. The Kier molecular flexibility index (Phi) is 6.07. The van der Waals surface area contributed by atoms with Crippen molar-refractivity contribution in [3.8, 4) is 11.5 Å². The minimum atomic E-state index is 0.0474. The zero-order valence-electron chi connectivity index (χ0n) is 13.7. The summed E-state index contributed by atoms with van der Waals surface area (Å²) >= 11 is 0. The highest BCUT2D eigenvalue weighted by molar-refractivity contribution is 5.78. The van der Waals surface area contributed by atoms with Gasteiger partial charge >= 0.3 is 0 Å². The molecule has 1 amide bonds. The number of ether oxygens (including phenoxy) is 2. The van der Waals surface area contributed by atoms with Gasteiger partial charge in [0.2, 0.25) is 5.91 Å². The second-order valence-electron chi connectivity index (χ2n) is 5.70. The number of nitrogens with zero attached hydrogens (tertiary/aromatic N) is 1. The molecular formula is C17H26N2O3. The summed E-state index contributed by atoms with van der Waals surface area (Å²) in [5.41, 5.74) is 1.16. The zero-order valence-corrected chi connectivity index (χ0v) is 13.7. The first-order valence-corrected chi connectivity index (χ1v) is 7.86. The molecule has 0 saturated carbocycles. The molecule has 1 unspecified atom stereocenters. The van der Waals surface area contributed by atoms with Crippen molar-refractivity contribution in [1.82, 2.24) is 10.2 Å². The molecule has 1 aromatic carbocycles. The SMILES string of the molecule is COc1ccc(CCC(C)C(=O)N2CCNCC2)cc1OC. The molecule has 0 aliphatic carbocycles. The van der Waals surface area contributed by atoms with Gasteiger partial charge in [0.05, 0.1) is 14.2 Å². The molecule has 2 rings (SSSR count). The highest BCUT2D eigenvalue weighted by Gasteiger charge is 2.21. The van der Waals surface area contributed by atoms with Gasteiger partial charge in [-0.2, -0.15) is 0 Å². The fourth-order valence-corrected chi connectivity index (χ4v) is 2.74. The van der Waals surface area contributed by atoms with E-state index in [4.69, 9.17) is 9.47 Å².